The maximum atomic E-state index is 14.4. The average Bonchev–Trinajstić information content (AvgIpc) is 2.20. The first kappa shape index (κ1) is 14.4. The molecular weight excluding hydrogens is 244 g/mol. The molecule has 106 valence electrons. The SMILES string of the molecule is Cc1ccc(F)c(C2(N)CC(C)CC(C)(C)C2)c1F. The van der Waals surface area contributed by atoms with Crippen molar-refractivity contribution < 1.29 is 8.78 Å². The van der Waals surface area contributed by atoms with Gasteiger partial charge in [0.1, 0.15) is 11.6 Å². The first-order chi connectivity index (χ1) is 8.65. The second kappa shape index (κ2) is 4.55. The van der Waals surface area contributed by atoms with E-state index >= 15 is 0 Å². The van der Waals surface area contributed by atoms with E-state index in [-0.39, 0.29) is 11.0 Å². The Morgan fingerprint density at radius 2 is 1.84 bits per heavy atom. The average molecular weight is 267 g/mol. The summed E-state index contributed by atoms with van der Waals surface area (Å²) in [4.78, 5) is 0. The van der Waals surface area contributed by atoms with Crippen LogP contribution in [-0.4, -0.2) is 0 Å². The van der Waals surface area contributed by atoms with E-state index in [2.05, 4.69) is 20.8 Å². The number of nitrogens with two attached hydrogens (primary N) is 1. The lowest BCUT2D eigenvalue weighted by Crippen LogP contribution is -2.48. The van der Waals surface area contributed by atoms with Crippen LogP contribution in [0.2, 0.25) is 0 Å². The summed E-state index contributed by atoms with van der Waals surface area (Å²) in [5, 5.41) is 0. The fourth-order valence-electron chi connectivity index (χ4n) is 3.94. The molecule has 2 N–H and O–H groups in total. The molecule has 0 amide bonds. The molecule has 1 aromatic rings. The number of hydrogen-bond acceptors (Lipinski definition) is 1. The van der Waals surface area contributed by atoms with Crippen LogP contribution >= 0.6 is 0 Å². The zero-order valence-corrected chi connectivity index (χ0v) is 12.2. The van der Waals surface area contributed by atoms with Crippen LogP contribution in [0.25, 0.3) is 0 Å². The summed E-state index contributed by atoms with van der Waals surface area (Å²) in [6, 6.07) is 2.80. The Hall–Kier alpha value is -0.960. The zero-order valence-electron chi connectivity index (χ0n) is 12.2. The van der Waals surface area contributed by atoms with Crippen molar-refractivity contribution in [2.45, 2.75) is 52.5 Å². The maximum Gasteiger partial charge on any atom is 0.134 e. The largest absolute Gasteiger partial charge is 0.321 e. The van der Waals surface area contributed by atoms with E-state index in [1.807, 2.05) is 0 Å². The Bertz CT molecular complexity index is 496. The first-order valence-corrected chi connectivity index (χ1v) is 6.89. The van der Waals surface area contributed by atoms with Crippen LogP contribution in [0, 0.1) is 29.9 Å². The molecule has 3 heteroatoms. The van der Waals surface area contributed by atoms with Gasteiger partial charge in [-0.3, -0.25) is 0 Å². The molecule has 0 bridgehead atoms. The van der Waals surface area contributed by atoms with Crippen LogP contribution in [-0.2, 0) is 5.54 Å². The van der Waals surface area contributed by atoms with E-state index in [4.69, 9.17) is 5.73 Å². The number of rotatable bonds is 1. The van der Waals surface area contributed by atoms with Gasteiger partial charge in [-0.2, -0.15) is 0 Å². The minimum Gasteiger partial charge on any atom is -0.321 e. The van der Waals surface area contributed by atoms with Crippen LogP contribution in [0.1, 0.15) is 51.2 Å². The number of halogens is 2. The lowest BCUT2D eigenvalue weighted by Gasteiger charge is -2.46. The highest BCUT2D eigenvalue weighted by molar-refractivity contribution is 5.33. The molecule has 1 aromatic carbocycles. The standard InChI is InChI=1S/C16H23F2N/c1-10-7-15(3,4)9-16(19,8-10)13-12(17)6-5-11(2)14(13)18/h5-6,10H,7-9,19H2,1-4H3. The molecule has 2 atom stereocenters. The minimum absolute atomic E-state index is 0.00897. The first-order valence-electron chi connectivity index (χ1n) is 6.89. The molecule has 0 spiro atoms. The monoisotopic (exact) mass is 267 g/mol. The highest BCUT2D eigenvalue weighted by atomic mass is 19.1. The van der Waals surface area contributed by atoms with Crippen LogP contribution in [0.15, 0.2) is 12.1 Å². The number of hydrogen-bond donors (Lipinski definition) is 1. The van der Waals surface area contributed by atoms with E-state index < -0.39 is 17.2 Å². The second-order valence-electron chi connectivity index (χ2n) is 7.06. The van der Waals surface area contributed by atoms with Crippen LogP contribution in [0.5, 0.6) is 0 Å². The molecule has 1 aliphatic carbocycles. The van der Waals surface area contributed by atoms with Gasteiger partial charge in [0.25, 0.3) is 0 Å². The molecule has 2 rings (SSSR count). The van der Waals surface area contributed by atoms with Crippen molar-refractivity contribution in [1.29, 1.82) is 0 Å². The number of aryl methyl sites for hydroxylation is 1. The third-order valence-electron chi connectivity index (χ3n) is 4.19. The molecule has 0 aromatic heterocycles. The molecule has 2 unspecified atom stereocenters. The molecular formula is C16H23F2N. The highest BCUT2D eigenvalue weighted by Gasteiger charge is 2.44. The molecule has 19 heavy (non-hydrogen) atoms. The summed E-state index contributed by atoms with van der Waals surface area (Å²) in [6.07, 6.45) is 2.29. The molecule has 1 fully saturated rings. The Balaban J connectivity index is 2.53. The van der Waals surface area contributed by atoms with Gasteiger partial charge in [0.15, 0.2) is 0 Å². The fourth-order valence-corrected chi connectivity index (χ4v) is 3.94. The third kappa shape index (κ3) is 2.66. The van der Waals surface area contributed by atoms with Gasteiger partial charge in [-0.1, -0.05) is 26.8 Å². The van der Waals surface area contributed by atoms with Gasteiger partial charge in [0.05, 0.1) is 0 Å². The Labute approximate surface area is 114 Å². The summed E-state index contributed by atoms with van der Waals surface area (Å²) < 4.78 is 28.5. The second-order valence-corrected chi connectivity index (χ2v) is 7.06. The predicted octanol–water partition coefficient (Wildman–Crippen LogP) is 4.27. The Morgan fingerprint density at radius 3 is 2.42 bits per heavy atom. The van der Waals surface area contributed by atoms with E-state index in [1.54, 1.807) is 6.92 Å². The quantitative estimate of drug-likeness (QED) is 0.807. The smallest absolute Gasteiger partial charge is 0.134 e. The van der Waals surface area contributed by atoms with Crippen LogP contribution < -0.4 is 5.73 Å². The molecule has 0 radical (unpaired) electrons. The van der Waals surface area contributed by atoms with Gasteiger partial charge < -0.3 is 5.73 Å². The molecule has 0 heterocycles. The van der Waals surface area contributed by atoms with Gasteiger partial charge >= 0.3 is 0 Å². The summed E-state index contributed by atoms with van der Waals surface area (Å²) in [6.45, 7) is 8.00. The summed E-state index contributed by atoms with van der Waals surface area (Å²) >= 11 is 0. The highest BCUT2D eigenvalue weighted by Crippen LogP contribution is 2.48. The van der Waals surface area contributed by atoms with Gasteiger partial charge in [0.2, 0.25) is 0 Å². The van der Waals surface area contributed by atoms with Crippen molar-refractivity contribution in [2.75, 3.05) is 0 Å². The zero-order chi connectivity index (χ0) is 14.4. The van der Waals surface area contributed by atoms with Crippen molar-refractivity contribution in [3.63, 3.8) is 0 Å². The summed E-state index contributed by atoms with van der Waals surface area (Å²) in [5.41, 5.74) is 6.08. The minimum atomic E-state index is -0.901. The van der Waals surface area contributed by atoms with Crippen molar-refractivity contribution >= 4 is 0 Å². The fraction of sp³-hybridized carbons (Fsp3) is 0.625. The topological polar surface area (TPSA) is 26.0 Å². The van der Waals surface area contributed by atoms with Gasteiger partial charge in [-0.15, -0.1) is 0 Å². The molecule has 0 saturated heterocycles. The van der Waals surface area contributed by atoms with Crippen LogP contribution in [0.4, 0.5) is 8.78 Å². The third-order valence-corrected chi connectivity index (χ3v) is 4.19. The van der Waals surface area contributed by atoms with E-state index in [0.717, 1.165) is 6.42 Å². The van der Waals surface area contributed by atoms with Gasteiger partial charge in [-0.25, -0.2) is 8.78 Å². The number of benzene rings is 1. The van der Waals surface area contributed by atoms with Gasteiger partial charge in [-0.05, 0) is 49.1 Å². The Morgan fingerprint density at radius 1 is 1.21 bits per heavy atom. The van der Waals surface area contributed by atoms with Gasteiger partial charge in [0, 0.05) is 11.1 Å². The predicted molar refractivity (Wildman–Crippen MR) is 73.8 cm³/mol. The normalized spacial score (nSPS) is 30.4. The summed E-state index contributed by atoms with van der Waals surface area (Å²) in [7, 11) is 0. The van der Waals surface area contributed by atoms with E-state index in [0.29, 0.717) is 24.3 Å². The molecule has 1 nitrogen and oxygen atoms in total. The van der Waals surface area contributed by atoms with Crippen molar-refractivity contribution in [2.24, 2.45) is 17.1 Å². The lowest BCUT2D eigenvalue weighted by atomic mass is 9.62. The van der Waals surface area contributed by atoms with E-state index in [1.165, 1.54) is 12.1 Å². The summed E-state index contributed by atoms with van der Waals surface area (Å²) in [5.74, 6) is -0.629. The lowest BCUT2D eigenvalue weighted by molar-refractivity contribution is 0.102. The maximum absolute atomic E-state index is 14.4. The molecule has 1 aliphatic rings. The van der Waals surface area contributed by atoms with Crippen molar-refractivity contribution in [3.8, 4) is 0 Å². The molecule has 1 saturated carbocycles. The van der Waals surface area contributed by atoms with E-state index in [9.17, 15) is 8.78 Å². The van der Waals surface area contributed by atoms with Crippen LogP contribution in [0.3, 0.4) is 0 Å². The van der Waals surface area contributed by atoms with Crippen molar-refractivity contribution in [3.05, 3.63) is 34.9 Å². The molecule has 0 aliphatic heterocycles. The van der Waals surface area contributed by atoms with Crippen molar-refractivity contribution in [1.82, 2.24) is 0 Å². The Kier molecular flexibility index (Phi) is 3.46.